The summed E-state index contributed by atoms with van der Waals surface area (Å²) in [6.45, 7) is 19.6. The van der Waals surface area contributed by atoms with Gasteiger partial charge in [0.1, 0.15) is 24.2 Å². The van der Waals surface area contributed by atoms with Crippen LogP contribution in [0.4, 0.5) is 0 Å². The summed E-state index contributed by atoms with van der Waals surface area (Å²) in [4.78, 5) is 132. The van der Waals surface area contributed by atoms with Crippen molar-refractivity contribution < 1.29 is 62.1 Å². The zero-order chi connectivity index (χ0) is 59.0. The van der Waals surface area contributed by atoms with Crippen LogP contribution in [0.3, 0.4) is 0 Å². The lowest BCUT2D eigenvalue weighted by Crippen LogP contribution is -2.55. The fourth-order valence-corrected chi connectivity index (χ4v) is 9.30. The van der Waals surface area contributed by atoms with E-state index in [1.165, 1.54) is 49.0 Å². The predicted octanol–water partition coefficient (Wildman–Crippen LogP) is 5.55. The molecule has 4 rings (SSSR count). The van der Waals surface area contributed by atoms with Gasteiger partial charge in [-0.15, -0.1) is 0 Å². The van der Waals surface area contributed by atoms with Gasteiger partial charge in [-0.25, -0.2) is 19.2 Å². The van der Waals surface area contributed by atoms with Gasteiger partial charge in [0.15, 0.2) is 24.4 Å². The van der Waals surface area contributed by atoms with Crippen molar-refractivity contribution >= 4 is 53.4 Å². The Hall–Kier alpha value is -7.12. The van der Waals surface area contributed by atoms with Gasteiger partial charge in [-0.3, -0.25) is 28.7 Å². The summed E-state index contributed by atoms with van der Waals surface area (Å²) in [5, 5.41) is 7.14. The largest absolute Gasteiger partial charge is 0.451 e. The molecule has 0 bridgehead atoms. The van der Waals surface area contributed by atoms with E-state index in [1.54, 1.807) is 53.3 Å². The quantitative estimate of drug-likeness (QED) is 0.137. The van der Waals surface area contributed by atoms with Crippen molar-refractivity contribution in [2.45, 2.75) is 176 Å². The Balaban J connectivity index is 1.83. The van der Waals surface area contributed by atoms with E-state index < -0.39 is 96.1 Å². The molecule has 0 unspecified atom stereocenters. The molecule has 3 aromatic rings. The number of esters is 4. The van der Waals surface area contributed by atoms with Gasteiger partial charge >= 0.3 is 23.9 Å². The molecule has 0 radical (unpaired) electrons. The molecule has 2 heterocycles. The first-order valence-corrected chi connectivity index (χ1v) is 27.3. The van der Waals surface area contributed by atoms with Crippen molar-refractivity contribution in [1.82, 2.24) is 34.7 Å². The summed E-state index contributed by atoms with van der Waals surface area (Å²) in [7, 11) is 5.53. The Morgan fingerprint density at radius 3 is 1.20 bits per heavy atom. The van der Waals surface area contributed by atoms with Crippen LogP contribution in [0, 0.1) is 23.7 Å². The minimum Gasteiger partial charge on any atom is -0.451 e. The Morgan fingerprint density at radius 2 is 0.835 bits per heavy atom. The van der Waals surface area contributed by atoms with Crippen LogP contribution in [0.1, 0.15) is 124 Å². The van der Waals surface area contributed by atoms with Crippen LogP contribution in [-0.2, 0) is 88.0 Å². The molecule has 1 fully saturated rings. The summed E-state index contributed by atoms with van der Waals surface area (Å²) in [5.41, 5.74) is 2.88. The molecule has 20 heteroatoms. The highest BCUT2D eigenvalue weighted by Gasteiger charge is 2.43. The molecule has 5 amide bonds. The minimum atomic E-state index is -1.56. The SMILES string of the molecule is CC(=O)NCc1cnn(Cc2ccc(C[C@H]3OC(=O)[C@H](CC(C)C)N(C)C(=O)[C@@H](C)OC(=O)[C@H](CC(C)C)N(C)C(=O)[C@@H](Cc4ccccc4)OC(=O)[C@H](CC(C)C)N(C)C(=O)[C@@H](C)OC(=O)[C@H](CC(C)C)N(C)C3=O)cc2)c1. The number of nitrogens with one attached hydrogen (secondary N) is 1. The van der Waals surface area contributed by atoms with E-state index in [0.29, 0.717) is 24.2 Å². The molecule has 1 N–H and O–H groups in total. The highest BCUT2D eigenvalue weighted by molar-refractivity contribution is 5.94. The Morgan fingerprint density at radius 1 is 0.494 bits per heavy atom. The highest BCUT2D eigenvalue weighted by Crippen LogP contribution is 2.24. The van der Waals surface area contributed by atoms with E-state index in [2.05, 4.69) is 10.4 Å². The third-order valence-electron chi connectivity index (χ3n) is 13.8. The van der Waals surface area contributed by atoms with Gasteiger partial charge in [0, 0.05) is 66.3 Å². The first-order valence-electron chi connectivity index (χ1n) is 27.3. The van der Waals surface area contributed by atoms with Crippen LogP contribution < -0.4 is 5.32 Å². The van der Waals surface area contributed by atoms with Crippen LogP contribution in [0.25, 0.3) is 0 Å². The van der Waals surface area contributed by atoms with Crippen molar-refractivity contribution in [1.29, 1.82) is 0 Å². The van der Waals surface area contributed by atoms with Crippen molar-refractivity contribution in [3.05, 3.63) is 89.2 Å². The minimum absolute atomic E-state index is 0.0720. The molecule has 0 aliphatic carbocycles. The first kappa shape index (κ1) is 64.4. The maximum absolute atomic E-state index is 15.0. The van der Waals surface area contributed by atoms with E-state index in [0.717, 1.165) is 30.7 Å². The zero-order valence-corrected chi connectivity index (χ0v) is 48.9. The lowest BCUT2D eigenvalue weighted by atomic mass is 9.99. The van der Waals surface area contributed by atoms with Crippen LogP contribution in [-0.4, -0.2) is 160 Å². The third kappa shape index (κ3) is 19.0. The molecule has 434 valence electrons. The number of hydrogen-bond donors (Lipinski definition) is 1. The van der Waals surface area contributed by atoms with Crippen molar-refractivity contribution in [3.63, 3.8) is 0 Å². The Bertz CT molecular complexity index is 2550. The fourth-order valence-electron chi connectivity index (χ4n) is 9.30. The van der Waals surface area contributed by atoms with Gasteiger partial charge in [-0.05, 0) is 79.9 Å². The van der Waals surface area contributed by atoms with Gasteiger partial charge in [-0.2, -0.15) is 5.10 Å². The Kier molecular flexibility index (Phi) is 24.2. The second-order valence-corrected chi connectivity index (χ2v) is 22.6. The lowest BCUT2D eigenvalue weighted by molar-refractivity contribution is -0.176. The van der Waals surface area contributed by atoms with Gasteiger partial charge < -0.3 is 43.9 Å². The average molecular weight is 1100 g/mol. The van der Waals surface area contributed by atoms with Crippen LogP contribution in [0.2, 0.25) is 0 Å². The number of nitrogens with zero attached hydrogens (tertiary/aromatic N) is 6. The molecule has 2 aromatic carbocycles. The smallest absolute Gasteiger partial charge is 0.329 e. The predicted molar refractivity (Wildman–Crippen MR) is 294 cm³/mol. The van der Waals surface area contributed by atoms with Crippen molar-refractivity contribution in [3.8, 4) is 0 Å². The number of ether oxygens (including phenoxy) is 4. The molecule has 0 saturated carbocycles. The molecule has 20 nitrogen and oxygen atoms in total. The van der Waals surface area contributed by atoms with E-state index in [9.17, 15) is 43.2 Å². The number of likely N-dealkylation sites (N-methyl/N-ethyl adjacent to an activating group) is 4. The fraction of sp³-hybridized carbons (Fsp3) is 0.593. The molecule has 1 aliphatic rings. The van der Waals surface area contributed by atoms with Gasteiger partial charge in [-0.1, -0.05) is 110 Å². The Labute approximate surface area is 466 Å². The van der Waals surface area contributed by atoms with E-state index in [4.69, 9.17) is 18.9 Å². The number of cyclic esters (lactones) is 4. The summed E-state index contributed by atoms with van der Waals surface area (Å²) in [6.07, 6.45) is -2.48. The number of aromatic nitrogens is 2. The molecule has 8 atom stereocenters. The van der Waals surface area contributed by atoms with Crippen molar-refractivity contribution in [2.24, 2.45) is 23.7 Å². The summed E-state index contributed by atoms with van der Waals surface area (Å²) in [5.74, 6) is -7.63. The molecule has 1 aliphatic heterocycles. The summed E-state index contributed by atoms with van der Waals surface area (Å²) >= 11 is 0. The van der Waals surface area contributed by atoms with Crippen LogP contribution >= 0.6 is 0 Å². The van der Waals surface area contributed by atoms with Gasteiger partial charge in [0.2, 0.25) is 5.91 Å². The number of amides is 5. The number of benzene rings is 2. The van der Waals surface area contributed by atoms with E-state index in [-0.39, 0.29) is 68.1 Å². The average Bonchev–Trinajstić information content (AvgIpc) is 3.85. The molecular weight excluding hydrogens is 1010 g/mol. The molecule has 1 saturated heterocycles. The lowest BCUT2D eigenvalue weighted by Gasteiger charge is -2.35. The third-order valence-corrected chi connectivity index (χ3v) is 13.8. The normalized spacial score (nSPS) is 23.3. The maximum Gasteiger partial charge on any atom is 0.329 e. The van der Waals surface area contributed by atoms with E-state index in [1.807, 2.05) is 73.7 Å². The highest BCUT2D eigenvalue weighted by atomic mass is 16.6. The van der Waals surface area contributed by atoms with Gasteiger partial charge in [0.05, 0.1) is 12.7 Å². The standard InChI is InChI=1S/C59H85N7O13/c1-35(2)25-46-56(72)76-40(10)53(69)63(13)49(28-38(7)8)59(75)79-51(30-43-21-23-44(24-22-43)33-66-34-45(32-61-66)31-60-41(11)67)55(71)65(15)47(26-36(3)4)57(73)77-39(9)52(68)62(12)48(27-37(5)6)58(74)78-50(54(70)64(46)14)29-42-19-17-16-18-20-42/h16-24,32,34-40,46-51H,25-31,33H2,1-15H3,(H,60,67)/t39-,40-,46+,47+,48+,49+,50-,51-/m1/s1. The molecule has 1 aromatic heterocycles. The second kappa shape index (κ2) is 29.7. The van der Waals surface area contributed by atoms with Gasteiger partial charge in [0.25, 0.3) is 23.6 Å². The first-order chi connectivity index (χ1) is 37.1. The molecule has 79 heavy (non-hydrogen) atoms. The van der Waals surface area contributed by atoms with Crippen LogP contribution in [0.15, 0.2) is 67.0 Å². The number of hydrogen-bond acceptors (Lipinski definition) is 14. The summed E-state index contributed by atoms with van der Waals surface area (Å²) < 4.78 is 25.7. The molecular formula is C59H85N7O13. The topological polar surface area (TPSA) is 233 Å². The van der Waals surface area contributed by atoms with Crippen molar-refractivity contribution in [2.75, 3.05) is 28.2 Å². The number of carbonyl (C=O) groups is 9. The second-order valence-electron chi connectivity index (χ2n) is 22.6. The monoisotopic (exact) mass is 1100 g/mol. The van der Waals surface area contributed by atoms with E-state index >= 15 is 0 Å². The van der Waals surface area contributed by atoms with Crippen LogP contribution in [0.5, 0.6) is 0 Å². The number of rotatable bonds is 16. The number of carbonyl (C=O) groups excluding carboxylic acids is 9. The molecule has 0 spiro atoms. The summed E-state index contributed by atoms with van der Waals surface area (Å²) in [6, 6.07) is 10.9. The maximum atomic E-state index is 15.0. The zero-order valence-electron chi connectivity index (χ0n) is 48.9.